The van der Waals surface area contributed by atoms with E-state index in [2.05, 4.69) is 9.97 Å². The van der Waals surface area contributed by atoms with E-state index < -0.39 is 6.10 Å². The van der Waals surface area contributed by atoms with E-state index in [9.17, 15) is 9.59 Å². The van der Waals surface area contributed by atoms with Crippen LogP contribution in [0.1, 0.15) is 23.8 Å². The van der Waals surface area contributed by atoms with Crippen LogP contribution < -0.4 is 4.74 Å². The predicted octanol–water partition coefficient (Wildman–Crippen LogP) is 2.27. The number of hydrogen-bond acceptors (Lipinski definition) is 5. The minimum Gasteiger partial charge on any atom is -0.481 e. The number of rotatable bonds is 4. The summed E-state index contributed by atoms with van der Waals surface area (Å²) in [5.41, 5.74) is 0.316. The summed E-state index contributed by atoms with van der Waals surface area (Å²) in [4.78, 5) is 36.7. The lowest BCUT2D eigenvalue weighted by atomic mass is 10.3. The number of amides is 2. The van der Waals surface area contributed by atoms with Crippen LogP contribution in [0.15, 0.2) is 42.9 Å². The van der Waals surface area contributed by atoms with Gasteiger partial charge in [0.2, 0.25) is 0 Å². The van der Waals surface area contributed by atoms with E-state index in [1.54, 1.807) is 41.0 Å². The molecule has 1 saturated heterocycles. The van der Waals surface area contributed by atoms with Crippen LogP contribution in [-0.2, 0) is 4.79 Å². The Bertz CT molecular complexity index is 785. The summed E-state index contributed by atoms with van der Waals surface area (Å²) in [6.45, 7) is 3.79. The number of aromatic nitrogens is 2. The molecule has 1 atom stereocenters. The minimum absolute atomic E-state index is 0.0984. The Morgan fingerprint density at radius 1 is 1.07 bits per heavy atom. The van der Waals surface area contributed by atoms with E-state index in [-0.39, 0.29) is 11.8 Å². The van der Waals surface area contributed by atoms with Crippen molar-refractivity contribution in [2.75, 3.05) is 26.2 Å². The van der Waals surface area contributed by atoms with Gasteiger partial charge in [-0.15, -0.1) is 0 Å². The van der Waals surface area contributed by atoms with E-state index in [0.717, 1.165) is 0 Å². The Balaban J connectivity index is 1.57. The van der Waals surface area contributed by atoms with Gasteiger partial charge in [-0.3, -0.25) is 14.6 Å². The van der Waals surface area contributed by atoms with Crippen LogP contribution in [0, 0.1) is 0 Å². The van der Waals surface area contributed by atoms with E-state index in [1.807, 2.05) is 0 Å². The third-order valence-corrected chi connectivity index (χ3v) is 4.60. The standard InChI is InChI=1S/C19H21ClN4O3/c1-14(27-16-5-3-15(20)4-6-16)18(25)23-9-2-10-24(12-11-23)19(26)17-13-21-7-8-22-17/h3-8,13-14H,2,9-12H2,1H3. The molecule has 2 heterocycles. The molecule has 1 unspecified atom stereocenters. The summed E-state index contributed by atoms with van der Waals surface area (Å²) < 4.78 is 5.72. The Morgan fingerprint density at radius 2 is 1.78 bits per heavy atom. The molecule has 3 rings (SSSR count). The van der Waals surface area contributed by atoms with Crippen molar-refractivity contribution in [3.05, 3.63) is 53.6 Å². The first-order chi connectivity index (χ1) is 13.0. The zero-order valence-corrected chi connectivity index (χ0v) is 15.8. The van der Waals surface area contributed by atoms with E-state index >= 15 is 0 Å². The number of benzene rings is 1. The third-order valence-electron chi connectivity index (χ3n) is 4.35. The summed E-state index contributed by atoms with van der Waals surface area (Å²) in [5.74, 6) is 0.330. The molecule has 0 N–H and O–H groups in total. The SMILES string of the molecule is CC(Oc1ccc(Cl)cc1)C(=O)N1CCCN(C(=O)c2cnccn2)CC1. The van der Waals surface area contributed by atoms with Gasteiger partial charge in [0.15, 0.2) is 6.10 Å². The minimum atomic E-state index is -0.617. The molecule has 0 saturated carbocycles. The van der Waals surface area contributed by atoms with E-state index in [0.29, 0.717) is 49.1 Å². The molecule has 0 bridgehead atoms. The first-order valence-corrected chi connectivity index (χ1v) is 9.18. The van der Waals surface area contributed by atoms with Gasteiger partial charge in [0.05, 0.1) is 6.20 Å². The van der Waals surface area contributed by atoms with Crippen LogP contribution in [0.5, 0.6) is 5.75 Å². The molecule has 142 valence electrons. The zero-order chi connectivity index (χ0) is 19.2. The molecule has 1 fully saturated rings. The quantitative estimate of drug-likeness (QED) is 0.803. The van der Waals surface area contributed by atoms with E-state index in [4.69, 9.17) is 16.3 Å². The monoisotopic (exact) mass is 388 g/mol. The van der Waals surface area contributed by atoms with Gasteiger partial charge in [-0.05, 0) is 37.6 Å². The molecule has 0 spiro atoms. The number of nitrogens with zero attached hydrogens (tertiary/aromatic N) is 4. The summed E-state index contributed by atoms with van der Waals surface area (Å²) in [6.07, 6.45) is 4.57. The fourth-order valence-electron chi connectivity index (χ4n) is 2.94. The van der Waals surface area contributed by atoms with Crippen molar-refractivity contribution in [3.63, 3.8) is 0 Å². The second-order valence-electron chi connectivity index (χ2n) is 6.28. The number of halogens is 1. The topological polar surface area (TPSA) is 75.6 Å². The first-order valence-electron chi connectivity index (χ1n) is 8.81. The summed E-state index contributed by atoms with van der Waals surface area (Å²) in [7, 11) is 0. The van der Waals surface area contributed by atoms with Crippen LogP contribution >= 0.6 is 11.6 Å². The third kappa shape index (κ3) is 4.95. The first kappa shape index (κ1) is 19.1. The molecule has 7 nitrogen and oxygen atoms in total. The van der Waals surface area contributed by atoms with Crippen molar-refractivity contribution in [2.24, 2.45) is 0 Å². The largest absolute Gasteiger partial charge is 0.481 e. The van der Waals surface area contributed by atoms with Gasteiger partial charge in [-0.25, -0.2) is 4.98 Å². The fourth-order valence-corrected chi connectivity index (χ4v) is 3.06. The molecule has 0 aliphatic carbocycles. The van der Waals surface area contributed by atoms with Crippen molar-refractivity contribution in [2.45, 2.75) is 19.4 Å². The number of ether oxygens (including phenoxy) is 1. The lowest BCUT2D eigenvalue weighted by Crippen LogP contribution is -2.43. The van der Waals surface area contributed by atoms with Gasteiger partial charge < -0.3 is 14.5 Å². The lowest BCUT2D eigenvalue weighted by molar-refractivity contribution is -0.137. The van der Waals surface area contributed by atoms with Crippen molar-refractivity contribution in [1.82, 2.24) is 19.8 Å². The predicted molar refractivity (Wildman–Crippen MR) is 101 cm³/mol. The van der Waals surface area contributed by atoms with Crippen LogP contribution in [0.2, 0.25) is 5.02 Å². The number of carbonyl (C=O) groups is 2. The highest BCUT2D eigenvalue weighted by molar-refractivity contribution is 6.30. The zero-order valence-electron chi connectivity index (χ0n) is 15.0. The molecule has 8 heteroatoms. The lowest BCUT2D eigenvalue weighted by Gasteiger charge is -2.25. The molecule has 1 aromatic heterocycles. The van der Waals surface area contributed by atoms with Crippen molar-refractivity contribution in [3.8, 4) is 5.75 Å². The molecular formula is C19H21ClN4O3. The molecule has 2 amide bonds. The number of carbonyl (C=O) groups excluding carboxylic acids is 2. The second-order valence-corrected chi connectivity index (χ2v) is 6.71. The van der Waals surface area contributed by atoms with Gasteiger partial charge in [0, 0.05) is 43.6 Å². The molecule has 1 aromatic carbocycles. The van der Waals surface area contributed by atoms with Crippen molar-refractivity contribution in [1.29, 1.82) is 0 Å². The van der Waals surface area contributed by atoms with Crippen LogP contribution in [0.25, 0.3) is 0 Å². The maximum atomic E-state index is 12.7. The van der Waals surface area contributed by atoms with Gasteiger partial charge >= 0.3 is 0 Å². The highest BCUT2D eigenvalue weighted by atomic mass is 35.5. The Kier molecular flexibility index (Phi) is 6.24. The van der Waals surface area contributed by atoms with E-state index in [1.165, 1.54) is 18.6 Å². The fraction of sp³-hybridized carbons (Fsp3) is 0.368. The van der Waals surface area contributed by atoms with Gasteiger partial charge in [-0.1, -0.05) is 11.6 Å². The Hall–Kier alpha value is -2.67. The van der Waals surface area contributed by atoms with Crippen LogP contribution in [0.4, 0.5) is 0 Å². The van der Waals surface area contributed by atoms with Gasteiger partial charge in [0.1, 0.15) is 11.4 Å². The summed E-state index contributed by atoms with van der Waals surface area (Å²) in [5, 5.41) is 0.613. The van der Waals surface area contributed by atoms with Gasteiger partial charge in [0.25, 0.3) is 11.8 Å². The van der Waals surface area contributed by atoms with Crippen LogP contribution in [-0.4, -0.2) is 63.9 Å². The second kappa shape index (κ2) is 8.81. The molecule has 2 aromatic rings. The average Bonchev–Trinajstić information content (AvgIpc) is 2.95. The molecular weight excluding hydrogens is 368 g/mol. The van der Waals surface area contributed by atoms with Crippen molar-refractivity contribution >= 4 is 23.4 Å². The maximum absolute atomic E-state index is 12.7. The highest BCUT2D eigenvalue weighted by Gasteiger charge is 2.27. The molecule has 0 radical (unpaired) electrons. The smallest absolute Gasteiger partial charge is 0.274 e. The number of hydrogen-bond donors (Lipinski definition) is 0. The normalized spacial score (nSPS) is 15.8. The Morgan fingerprint density at radius 3 is 2.48 bits per heavy atom. The molecule has 27 heavy (non-hydrogen) atoms. The molecule has 1 aliphatic heterocycles. The summed E-state index contributed by atoms with van der Waals surface area (Å²) in [6, 6.07) is 6.90. The van der Waals surface area contributed by atoms with Crippen LogP contribution in [0.3, 0.4) is 0 Å². The Labute approximate surface area is 162 Å². The summed E-state index contributed by atoms with van der Waals surface area (Å²) >= 11 is 5.86. The highest BCUT2D eigenvalue weighted by Crippen LogP contribution is 2.18. The maximum Gasteiger partial charge on any atom is 0.274 e. The van der Waals surface area contributed by atoms with Gasteiger partial charge in [-0.2, -0.15) is 0 Å². The van der Waals surface area contributed by atoms with Crippen molar-refractivity contribution < 1.29 is 14.3 Å². The molecule has 1 aliphatic rings. The average molecular weight is 389 g/mol.